The van der Waals surface area contributed by atoms with Crippen molar-refractivity contribution in [3.8, 4) is 0 Å². The maximum atomic E-state index is 11.1. The Morgan fingerprint density at radius 1 is 1.50 bits per heavy atom. The Hall–Kier alpha value is -0.990. The van der Waals surface area contributed by atoms with Crippen molar-refractivity contribution >= 4 is 5.91 Å². The lowest BCUT2D eigenvalue weighted by Gasteiger charge is -2.47. The lowest BCUT2D eigenvalue weighted by molar-refractivity contribution is -0.316. The average Bonchev–Trinajstić information content (AvgIpc) is 2.30. The first-order valence-corrected chi connectivity index (χ1v) is 5.61. The Kier molecular flexibility index (Phi) is 4.83. The number of ether oxygens (including phenoxy) is 1. The molecule has 1 unspecified atom stereocenters. The first-order valence-electron chi connectivity index (χ1n) is 5.61. The van der Waals surface area contributed by atoms with Crippen LogP contribution in [0.15, 0.2) is 12.7 Å². The fourth-order valence-corrected chi connectivity index (χ4v) is 2.03. The van der Waals surface area contributed by atoms with Gasteiger partial charge in [0.05, 0.1) is 6.61 Å². The van der Waals surface area contributed by atoms with E-state index in [1.165, 1.54) is 13.0 Å². The Morgan fingerprint density at radius 3 is 2.56 bits per heavy atom. The van der Waals surface area contributed by atoms with Gasteiger partial charge in [-0.1, -0.05) is 6.08 Å². The minimum absolute atomic E-state index is 0.0712. The van der Waals surface area contributed by atoms with E-state index in [1.807, 2.05) is 0 Å². The minimum atomic E-state index is -1.92. The summed E-state index contributed by atoms with van der Waals surface area (Å²) in [6, 6.07) is -1.20. The Labute approximate surface area is 105 Å². The molecule has 7 nitrogen and oxygen atoms in total. The largest absolute Gasteiger partial charge is 0.394 e. The number of hydrogen-bond donors (Lipinski definition) is 5. The van der Waals surface area contributed by atoms with E-state index in [-0.39, 0.29) is 6.42 Å². The lowest BCUT2D eigenvalue weighted by atomic mass is 9.88. The fraction of sp³-hybridized carbons (Fsp3) is 0.727. The van der Waals surface area contributed by atoms with E-state index < -0.39 is 42.7 Å². The van der Waals surface area contributed by atoms with Crippen LogP contribution in [0.1, 0.15) is 13.3 Å². The van der Waals surface area contributed by atoms with Gasteiger partial charge in [0.2, 0.25) is 5.91 Å². The van der Waals surface area contributed by atoms with Crippen LogP contribution in [-0.4, -0.2) is 63.1 Å². The third-order valence-corrected chi connectivity index (χ3v) is 2.89. The van der Waals surface area contributed by atoms with Crippen molar-refractivity contribution in [2.45, 2.75) is 43.5 Å². The highest BCUT2D eigenvalue weighted by atomic mass is 16.6. The van der Waals surface area contributed by atoms with Gasteiger partial charge in [-0.3, -0.25) is 4.79 Å². The smallest absolute Gasteiger partial charge is 0.217 e. The molecule has 7 heteroatoms. The van der Waals surface area contributed by atoms with Crippen molar-refractivity contribution in [1.29, 1.82) is 0 Å². The molecule has 1 saturated heterocycles. The molecule has 0 saturated carbocycles. The van der Waals surface area contributed by atoms with Crippen LogP contribution in [-0.2, 0) is 9.53 Å². The average molecular weight is 261 g/mol. The number of hydrogen-bond acceptors (Lipinski definition) is 6. The van der Waals surface area contributed by atoms with Crippen LogP contribution in [0.25, 0.3) is 0 Å². The van der Waals surface area contributed by atoms with Crippen molar-refractivity contribution < 1.29 is 30.0 Å². The zero-order valence-electron chi connectivity index (χ0n) is 10.1. The summed E-state index contributed by atoms with van der Waals surface area (Å²) in [6.45, 7) is 4.10. The van der Waals surface area contributed by atoms with E-state index in [9.17, 15) is 20.1 Å². The number of carbonyl (C=O) groups is 1. The molecule has 104 valence electrons. The molecule has 18 heavy (non-hydrogen) atoms. The second-order valence-electron chi connectivity index (χ2n) is 4.34. The lowest BCUT2D eigenvalue weighted by Crippen LogP contribution is -2.70. The molecule has 1 amide bonds. The van der Waals surface area contributed by atoms with Gasteiger partial charge in [-0.15, -0.1) is 6.58 Å². The van der Waals surface area contributed by atoms with Gasteiger partial charge in [0, 0.05) is 13.3 Å². The third-order valence-electron chi connectivity index (χ3n) is 2.89. The summed E-state index contributed by atoms with van der Waals surface area (Å²) in [6.07, 6.45) is -2.71. The molecule has 0 spiro atoms. The van der Waals surface area contributed by atoms with E-state index >= 15 is 0 Å². The summed E-state index contributed by atoms with van der Waals surface area (Å²) in [5.41, 5.74) is 0. The van der Waals surface area contributed by atoms with Gasteiger partial charge in [-0.05, 0) is 0 Å². The van der Waals surface area contributed by atoms with Crippen LogP contribution in [0.5, 0.6) is 0 Å². The topological polar surface area (TPSA) is 119 Å². The molecule has 0 bridgehead atoms. The highest BCUT2D eigenvalue weighted by Gasteiger charge is 2.52. The summed E-state index contributed by atoms with van der Waals surface area (Å²) in [4.78, 5) is 11.1. The molecule has 1 rings (SSSR count). The molecule has 1 fully saturated rings. The molecular weight excluding hydrogens is 242 g/mol. The molecular formula is C11H19NO6. The van der Waals surface area contributed by atoms with E-state index in [0.717, 1.165) is 0 Å². The molecule has 0 radical (unpaired) electrons. The summed E-state index contributed by atoms with van der Waals surface area (Å²) in [5.74, 6) is -2.40. The fourth-order valence-electron chi connectivity index (χ4n) is 2.03. The summed E-state index contributed by atoms with van der Waals surface area (Å²) in [5, 5.41) is 41.2. The van der Waals surface area contributed by atoms with Gasteiger partial charge < -0.3 is 30.5 Å². The zero-order valence-corrected chi connectivity index (χ0v) is 10.1. The normalized spacial score (nSPS) is 40.3. The second-order valence-corrected chi connectivity index (χ2v) is 4.34. The Morgan fingerprint density at radius 2 is 2.11 bits per heavy atom. The number of nitrogens with one attached hydrogen (secondary N) is 1. The van der Waals surface area contributed by atoms with Gasteiger partial charge >= 0.3 is 0 Å². The van der Waals surface area contributed by atoms with Crippen molar-refractivity contribution in [1.82, 2.24) is 5.32 Å². The Bertz CT molecular complexity index is 323. The number of rotatable bonds is 4. The number of aliphatic hydroxyl groups excluding tert-OH is 3. The molecule has 0 aromatic heterocycles. The molecule has 0 aliphatic carbocycles. The molecule has 1 heterocycles. The predicted molar refractivity (Wildman–Crippen MR) is 61.3 cm³/mol. The van der Waals surface area contributed by atoms with Gasteiger partial charge in [-0.25, -0.2) is 0 Å². The van der Waals surface area contributed by atoms with Crippen LogP contribution in [0.2, 0.25) is 0 Å². The quantitative estimate of drug-likeness (QED) is 0.369. The monoisotopic (exact) mass is 261 g/mol. The summed E-state index contributed by atoms with van der Waals surface area (Å²) in [7, 11) is 0. The molecule has 0 aromatic carbocycles. The van der Waals surface area contributed by atoms with Crippen molar-refractivity contribution in [3.05, 3.63) is 12.7 Å². The SMILES string of the molecule is C=CCC1(O)O[C@H](CO)[C@@H](O)[C@H](O)[C@H]1NC(C)=O. The van der Waals surface area contributed by atoms with Crippen LogP contribution < -0.4 is 5.32 Å². The van der Waals surface area contributed by atoms with Gasteiger partial charge in [0.25, 0.3) is 0 Å². The zero-order chi connectivity index (χ0) is 13.9. The standard InChI is InChI=1S/C11H19NO6/c1-3-4-11(17)10(12-6(2)14)9(16)8(15)7(5-13)18-11/h3,7-10,13,15-17H,1,4-5H2,2H3,(H,12,14)/t7-,8-,9+,10-,11?/m1/s1. The van der Waals surface area contributed by atoms with E-state index in [1.54, 1.807) is 0 Å². The second kappa shape index (κ2) is 5.77. The van der Waals surface area contributed by atoms with Gasteiger partial charge in [0.1, 0.15) is 24.4 Å². The minimum Gasteiger partial charge on any atom is -0.394 e. The molecule has 1 aliphatic rings. The van der Waals surface area contributed by atoms with E-state index in [2.05, 4.69) is 11.9 Å². The maximum absolute atomic E-state index is 11.1. The highest BCUT2D eigenvalue weighted by molar-refractivity contribution is 5.73. The van der Waals surface area contributed by atoms with E-state index in [0.29, 0.717) is 0 Å². The van der Waals surface area contributed by atoms with Crippen LogP contribution in [0, 0.1) is 0 Å². The maximum Gasteiger partial charge on any atom is 0.217 e. The Balaban J connectivity index is 3.00. The molecule has 5 atom stereocenters. The number of aliphatic hydroxyl groups is 4. The van der Waals surface area contributed by atoms with Crippen LogP contribution >= 0.6 is 0 Å². The van der Waals surface area contributed by atoms with Gasteiger partial charge in [0.15, 0.2) is 5.79 Å². The van der Waals surface area contributed by atoms with Crippen molar-refractivity contribution in [2.24, 2.45) is 0 Å². The van der Waals surface area contributed by atoms with Gasteiger partial charge in [-0.2, -0.15) is 0 Å². The summed E-state index contributed by atoms with van der Waals surface area (Å²) < 4.78 is 5.17. The third kappa shape index (κ3) is 2.88. The first-order chi connectivity index (χ1) is 8.35. The molecule has 5 N–H and O–H groups in total. The predicted octanol–water partition coefficient (Wildman–Crippen LogP) is -2.13. The molecule has 0 aromatic rings. The summed E-state index contributed by atoms with van der Waals surface area (Å²) >= 11 is 0. The number of amides is 1. The van der Waals surface area contributed by atoms with Crippen LogP contribution in [0.4, 0.5) is 0 Å². The van der Waals surface area contributed by atoms with E-state index in [4.69, 9.17) is 9.84 Å². The first kappa shape index (κ1) is 15.1. The number of carbonyl (C=O) groups excluding carboxylic acids is 1. The van der Waals surface area contributed by atoms with Crippen molar-refractivity contribution in [2.75, 3.05) is 6.61 Å². The highest BCUT2D eigenvalue weighted by Crippen LogP contribution is 2.30. The van der Waals surface area contributed by atoms with Crippen molar-refractivity contribution in [3.63, 3.8) is 0 Å². The molecule has 1 aliphatic heterocycles. The van der Waals surface area contributed by atoms with Crippen LogP contribution in [0.3, 0.4) is 0 Å².